The Morgan fingerprint density at radius 3 is 2.30 bits per heavy atom. The zero-order valence-electron chi connectivity index (χ0n) is 16.0. The van der Waals surface area contributed by atoms with E-state index >= 15 is 0 Å². The van der Waals surface area contributed by atoms with E-state index in [0.29, 0.717) is 5.69 Å². The predicted molar refractivity (Wildman–Crippen MR) is 102 cm³/mol. The van der Waals surface area contributed by atoms with Crippen molar-refractivity contribution in [3.8, 4) is 5.69 Å². The van der Waals surface area contributed by atoms with Crippen LogP contribution in [0.5, 0.6) is 0 Å². The zero-order valence-corrected chi connectivity index (χ0v) is 16.0. The molecule has 0 saturated carbocycles. The van der Waals surface area contributed by atoms with Crippen LogP contribution in [-0.4, -0.2) is 33.8 Å². The molecule has 2 heterocycles. The van der Waals surface area contributed by atoms with E-state index in [1.807, 2.05) is 40.7 Å². The van der Waals surface area contributed by atoms with Crippen LogP contribution in [0.25, 0.3) is 5.69 Å². The Labute approximate surface area is 156 Å². The van der Waals surface area contributed by atoms with Crippen molar-refractivity contribution in [2.45, 2.75) is 45.8 Å². The largest absolute Gasteiger partial charge is 0.495 e. The average molecular weight is 371 g/mol. The summed E-state index contributed by atoms with van der Waals surface area (Å²) < 4.78 is 13.4. The number of nitrogens with two attached hydrogens (primary N) is 1. The van der Waals surface area contributed by atoms with Gasteiger partial charge in [-0.15, -0.1) is 0 Å². The number of aromatic amines is 1. The van der Waals surface area contributed by atoms with Gasteiger partial charge in [-0.25, -0.2) is 4.79 Å². The number of carbonyl (C=O) groups is 1. The van der Waals surface area contributed by atoms with E-state index in [1.54, 1.807) is 12.1 Å². The first-order valence-corrected chi connectivity index (χ1v) is 8.56. The fourth-order valence-electron chi connectivity index (χ4n) is 2.95. The highest BCUT2D eigenvalue weighted by Gasteiger charge is 2.52. The van der Waals surface area contributed by atoms with Crippen molar-refractivity contribution in [2.75, 3.05) is 0 Å². The molecule has 8 nitrogen and oxygen atoms in total. The van der Waals surface area contributed by atoms with E-state index in [2.05, 4.69) is 4.98 Å². The number of hydrogen-bond donors (Lipinski definition) is 2. The number of rotatable bonds is 3. The second-order valence-electron chi connectivity index (χ2n) is 7.62. The van der Waals surface area contributed by atoms with Gasteiger partial charge >= 0.3 is 12.8 Å². The van der Waals surface area contributed by atoms with Crippen LogP contribution in [0.2, 0.25) is 0 Å². The molecular weight excluding hydrogens is 349 g/mol. The molecule has 1 saturated heterocycles. The van der Waals surface area contributed by atoms with Crippen LogP contribution >= 0.6 is 0 Å². The maximum absolute atomic E-state index is 12.3. The molecule has 3 rings (SSSR count). The number of carbonyl (C=O) groups excluding carboxylic acids is 1. The minimum atomic E-state index is -0.912. The van der Waals surface area contributed by atoms with Gasteiger partial charge in [-0.05, 0) is 51.7 Å². The number of primary amides is 1. The summed E-state index contributed by atoms with van der Waals surface area (Å²) in [6.07, 6.45) is 1.15. The molecule has 2 aromatic rings. The Morgan fingerprint density at radius 1 is 1.15 bits per heavy atom. The van der Waals surface area contributed by atoms with Gasteiger partial charge in [0.15, 0.2) is 0 Å². The third-order valence-corrected chi connectivity index (χ3v) is 5.32. The molecule has 0 atom stereocenters. The van der Waals surface area contributed by atoms with E-state index in [9.17, 15) is 14.4 Å². The van der Waals surface area contributed by atoms with Crippen LogP contribution in [0.3, 0.4) is 0 Å². The molecule has 1 fully saturated rings. The Kier molecular flexibility index (Phi) is 4.40. The van der Waals surface area contributed by atoms with Gasteiger partial charge in [-0.2, -0.15) is 0 Å². The quantitative estimate of drug-likeness (QED) is 0.750. The molecule has 1 amide bonds. The number of hydrogen-bond acceptors (Lipinski definition) is 5. The number of nitrogens with zero attached hydrogens (tertiary/aromatic N) is 1. The third kappa shape index (κ3) is 3.13. The summed E-state index contributed by atoms with van der Waals surface area (Å²) in [6, 6.07) is 5.31. The third-order valence-electron chi connectivity index (χ3n) is 5.32. The van der Waals surface area contributed by atoms with Crippen LogP contribution in [0.15, 0.2) is 34.0 Å². The van der Waals surface area contributed by atoms with Crippen molar-refractivity contribution in [3.05, 3.63) is 56.4 Å². The summed E-state index contributed by atoms with van der Waals surface area (Å²) in [5, 5.41) is 0. The summed E-state index contributed by atoms with van der Waals surface area (Å²) >= 11 is 0. The minimum absolute atomic E-state index is 0.296. The molecule has 1 aliphatic rings. The monoisotopic (exact) mass is 371 g/mol. The van der Waals surface area contributed by atoms with Gasteiger partial charge in [-0.3, -0.25) is 19.1 Å². The molecule has 27 heavy (non-hydrogen) atoms. The van der Waals surface area contributed by atoms with Gasteiger partial charge in [0.1, 0.15) is 5.56 Å². The molecule has 142 valence electrons. The molecule has 1 aliphatic heterocycles. The summed E-state index contributed by atoms with van der Waals surface area (Å²) in [4.78, 5) is 37.6. The van der Waals surface area contributed by atoms with Gasteiger partial charge in [0, 0.05) is 6.20 Å². The number of H-pyrrole nitrogens is 1. The molecule has 0 radical (unpaired) electrons. The molecule has 0 unspecified atom stereocenters. The van der Waals surface area contributed by atoms with E-state index in [0.717, 1.165) is 17.2 Å². The van der Waals surface area contributed by atoms with Gasteiger partial charge in [0.2, 0.25) is 0 Å². The van der Waals surface area contributed by atoms with Crippen molar-refractivity contribution >= 4 is 18.5 Å². The van der Waals surface area contributed by atoms with Gasteiger partial charge in [0.05, 0.1) is 16.9 Å². The first kappa shape index (κ1) is 19.1. The lowest BCUT2D eigenvalue weighted by atomic mass is 9.76. The predicted octanol–water partition coefficient (Wildman–Crippen LogP) is 0.232. The first-order valence-electron chi connectivity index (χ1n) is 8.56. The summed E-state index contributed by atoms with van der Waals surface area (Å²) in [7, 11) is -0.607. The molecule has 0 spiro atoms. The molecule has 1 aromatic heterocycles. The second-order valence-corrected chi connectivity index (χ2v) is 7.62. The summed E-state index contributed by atoms with van der Waals surface area (Å²) in [5.41, 5.74) is 4.40. The fourth-order valence-corrected chi connectivity index (χ4v) is 2.95. The Bertz CT molecular complexity index is 1020. The maximum atomic E-state index is 12.3. The maximum Gasteiger partial charge on any atom is 0.495 e. The SMILES string of the molecule is Cc1c(B2OC(C)(C)C(C)(C)O2)cccc1-n1cc(C(N)=O)c(=O)[nH]c1=O. The van der Waals surface area contributed by atoms with Crippen molar-refractivity contribution in [1.82, 2.24) is 9.55 Å². The molecule has 0 aliphatic carbocycles. The van der Waals surface area contributed by atoms with Crippen molar-refractivity contribution < 1.29 is 14.1 Å². The lowest BCUT2D eigenvalue weighted by Gasteiger charge is -2.32. The van der Waals surface area contributed by atoms with Crippen LogP contribution in [0.1, 0.15) is 43.6 Å². The van der Waals surface area contributed by atoms with Crippen LogP contribution in [0.4, 0.5) is 0 Å². The lowest BCUT2D eigenvalue weighted by molar-refractivity contribution is 0.00578. The van der Waals surface area contributed by atoms with Crippen LogP contribution in [0, 0.1) is 6.92 Å². The zero-order chi connectivity index (χ0) is 20.1. The number of aromatic nitrogens is 2. The van der Waals surface area contributed by atoms with Gasteiger partial charge in [0.25, 0.3) is 11.5 Å². The smallest absolute Gasteiger partial charge is 0.399 e. The summed E-state index contributed by atoms with van der Waals surface area (Å²) in [6.45, 7) is 9.64. The average Bonchev–Trinajstić information content (AvgIpc) is 2.75. The number of benzene rings is 1. The van der Waals surface area contributed by atoms with Crippen molar-refractivity contribution in [3.63, 3.8) is 0 Å². The highest BCUT2D eigenvalue weighted by atomic mass is 16.7. The highest BCUT2D eigenvalue weighted by Crippen LogP contribution is 2.36. The van der Waals surface area contributed by atoms with E-state index in [-0.39, 0.29) is 5.56 Å². The summed E-state index contributed by atoms with van der Waals surface area (Å²) in [5.74, 6) is -0.912. The molecule has 3 N–H and O–H groups in total. The second kappa shape index (κ2) is 6.21. The molecule has 0 bridgehead atoms. The van der Waals surface area contributed by atoms with E-state index in [1.165, 1.54) is 4.57 Å². The topological polar surface area (TPSA) is 116 Å². The van der Waals surface area contributed by atoms with Crippen LogP contribution in [-0.2, 0) is 9.31 Å². The number of amides is 1. The Morgan fingerprint density at radius 2 is 1.74 bits per heavy atom. The Hall–Kier alpha value is -2.65. The fraction of sp³-hybridized carbons (Fsp3) is 0.389. The van der Waals surface area contributed by atoms with Crippen molar-refractivity contribution in [2.24, 2.45) is 5.73 Å². The van der Waals surface area contributed by atoms with Gasteiger partial charge in [-0.1, -0.05) is 12.1 Å². The molecule has 1 aromatic carbocycles. The highest BCUT2D eigenvalue weighted by molar-refractivity contribution is 6.62. The van der Waals surface area contributed by atoms with Crippen molar-refractivity contribution in [1.29, 1.82) is 0 Å². The first-order chi connectivity index (χ1) is 12.4. The standard InChI is InChI=1S/C18H22BN3O5/c1-10-12(19-26-17(2,3)18(4,5)27-19)7-6-8-13(10)22-9-11(14(20)23)15(24)21-16(22)25/h6-9H,1-5H3,(H2,20,23)(H,21,24,25). The van der Waals surface area contributed by atoms with E-state index < -0.39 is 35.5 Å². The molecule has 9 heteroatoms. The number of nitrogens with one attached hydrogen (secondary N) is 1. The normalized spacial score (nSPS) is 17.9. The minimum Gasteiger partial charge on any atom is -0.399 e. The lowest BCUT2D eigenvalue weighted by Crippen LogP contribution is -2.41. The van der Waals surface area contributed by atoms with E-state index in [4.69, 9.17) is 15.0 Å². The van der Waals surface area contributed by atoms with Crippen LogP contribution < -0.4 is 22.4 Å². The van der Waals surface area contributed by atoms with Gasteiger partial charge < -0.3 is 15.0 Å². The molecular formula is C18H22BN3O5. The Balaban J connectivity index is 2.13.